The fourth-order valence-corrected chi connectivity index (χ4v) is 2.27. The van der Waals surface area contributed by atoms with Gasteiger partial charge >= 0.3 is 0 Å². The summed E-state index contributed by atoms with van der Waals surface area (Å²) in [5, 5.41) is 0. The molecule has 0 bridgehead atoms. The van der Waals surface area contributed by atoms with E-state index >= 15 is 0 Å². The summed E-state index contributed by atoms with van der Waals surface area (Å²) in [6.07, 6.45) is 5.55. The van der Waals surface area contributed by atoms with Crippen LogP contribution < -0.4 is 5.73 Å². The quantitative estimate of drug-likeness (QED) is 0.725. The first-order valence-corrected chi connectivity index (χ1v) is 5.70. The van der Waals surface area contributed by atoms with Gasteiger partial charge in [-0.15, -0.1) is 0 Å². The second-order valence-corrected chi connectivity index (χ2v) is 4.50. The molecule has 0 aromatic rings. The fourth-order valence-electron chi connectivity index (χ4n) is 2.27. The first-order chi connectivity index (χ1) is 6.25. The molecule has 0 aromatic heterocycles. The molecule has 1 aliphatic heterocycles. The summed E-state index contributed by atoms with van der Waals surface area (Å²) >= 11 is 0. The van der Waals surface area contributed by atoms with Crippen molar-refractivity contribution in [1.29, 1.82) is 0 Å². The predicted molar refractivity (Wildman–Crippen MR) is 57.7 cm³/mol. The van der Waals surface area contributed by atoms with Gasteiger partial charge in [0, 0.05) is 12.6 Å². The van der Waals surface area contributed by atoms with Crippen LogP contribution in [0.25, 0.3) is 0 Å². The van der Waals surface area contributed by atoms with Gasteiger partial charge in [0.15, 0.2) is 0 Å². The smallest absolute Gasteiger partial charge is 0.0241 e. The highest BCUT2D eigenvalue weighted by molar-refractivity contribution is 4.77. The van der Waals surface area contributed by atoms with Crippen LogP contribution in [0.3, 0.4) is 0 Å². The fraction of sp³-hybridized carbons (Fsp3) is 1.00. The van der Waals surface area contributed by atoms with Crippen molar-refractivity contribution in [1.82, 2.24) is 4.90 Å². The van der Waals surface area contributed by atoms with E-state index in [1.807, 2.05) is 0 Å². The average molecular weight is 184 g/mol. The van der Waals surface area contributed by atoms with Crippen molar-refractivity contribution in [3.8, 4) is 0 Å². The summed E-state index contributed by atoms with van der Waals surface area (Å²) in [6, 6.07) is 0.609. The number of hydrogen-bond donors (Lipinski definition) is 1. The summed E-state index contributed by atoms with van der Waals surface area (Å²) < 4.78 is 0. The maximum atomic E-state index is 5.81. The highest BCUT2D eigenvalue weighted by Crippen LogP contribution is 2.16. The molecule has 2 heteroatoms. The van der Waals surface area contributed by atoms with Crippen LogP contribution in [0.1, 0.15) is 39.5 Å². The van der Waals surface area contributed by atoms with Crippen molar-refractivity contribution in [3.63, 3.8) is 0 Å². The molecule has 2 N–H and O–H groups in total. The minimum atomic E-state index is 0.609. The van der Waals surface area contributed by atoms with E-state index < -0.39 is 0 Å². The Labute approximate surface area is 82.5 Å². The molecule has 1 saturated heterocycles. The second-order valence-electron chi connectivity index (χ2n) is 4.50. The van der Waals surface area contributed by atoms with Crippen molar-refractivity contribution in [2.75, 3.05) is 19.6 Å². The summed E-state index contributed by atoms with van der Waals surface area (Å²) in [4.78, 5) is 2.59. The molecule has 0 aliphatic carbocycles. The molecule has 0 amide bonds. The molecular weight excluding hydrogens is 160 g/mol. The molecule has 0 aromatic carbocycles. The zero-order valence-corrected chi connectivity index (χ0v) is 9.13. The SMILES string of the molecule is CC(C)[C@H](CN)N1CCCCCC1. The molecule has 1 atom stereocenters. The van der Waals surface area contributed by atoms with Gasteiger partial charge in [0.05, 0.1) is 0 Å². The first-order valence-electron chi connectivity index (χ1n) is 5.70. The van der Waals surface area contributed by atoms with Gasteiger partial charge in [-0.2, -0.15) is 0 Å². The molecule has 1 aliphatic rings. The molecule has 2 nitrogen and oxygen atoms in total. The lowest BCUT2D eigenvalue weighted by Gasteiger charge is -2.32. The van der Waals surface area contributed by atoms with Gasteiger partial charge in [-0.05, 0) is 31.8 Å². The van der Waals surface area contributed by atoms with E-state index in [9.17, 15) is 0 Å². The van der Waals surface area contributed by atoms with Crippen LogP contribution in [0.4, 0.5) is 0 Å². The normalized spacial score (nSPS) is 23.1. The maximum Gasteiger partial charge on any atom is 0.0241 e. The Bertz CT molecular complexity index is 126. The third-order valence-corrected chi connectivity index (χ3v) is 3.12. The van der Waals surface area contributed by atoms with Crippen molar-refractivity contribution in [2.45, 2.75) is 45.6 Å². The third kappa shape index (κ3) is 3.28. The van der Waals surface area contributed by atoms with Crippen molar-refractivity contribution >= 4 is 0 Å². The minimum Gasteiger partial charge on any atom is -0.329 e. The van der Waals surface area contributed by atoms with Gasteiger partial charge in [0.1, 0.15) is 0 Å². The zero-order valence-electron chi connectivity index (χ0n) is 9.13. The minimum absolute atomic E-state index is 0.609. The van der Waals surface area contributed by atoms with E-state index in [2.05, 4.69) is 18.7 Å². The number of hydrogen-bond acceptors (Lipinski definition) is 2. The van der Waals surface area contributed by atoms with Crippen molar-refractivity contribution in [3.05, 3.63) is 0 Å². The maximum absolute atomic E-state index is 5.81. The van der Waals surface area contributed by atoms with Crippen LogP contribution in [0.2, 0.25) is 0 Å². The third-order valence-electron chi connectivity index (χ3n) is 3.12. The molecule has 1 heterocycles. The Morgan fingerprint density at radius 1 is 1.08 bits per heavy atom. The monoisotopic (exact) mass is 184 g/mol. The van der Waals surface area contributed by atoms with Crippen LogP contribution in [0, 0.1) is 5.92 Å². The van der Waals surface area contributed by atoms with Gasteiger partial charge in [0.2, 0.25) is 0 Å². The van der Waals surface area contributed by atoms with E-state index in [0.717, 1.165) is 6.54 Å². The Balaban J connectivity index is 2.45. The lowest BCUT2D eigenvalue weighted by molar-refractivity contribution is 0.165. The number of nitrogens with zero attached hydrogens (tertiary/aromatic N) is 1. The van der Waals surface area contributed by atoms with Gasteiger partial charge in [-0.3, -0.25) is 4.90 Å². The lowest BCUT2D eigenvalue weighted by atomic mass is 10.0. The van der Waals surface area contributed by atoms with Crippen molar-refractivity contribution < 1.29 is 0 Å². The Morgan fingerprint density at radius 2 is 1.62 bits per heavy atom. The topological polar surface area (TPSA) is 29.3 Å². The molecule has 0 saturated carbocycles. The standard InChI is InChI=1S/C11H24N2/c1-10(2)11(9-12)13-7-5-3-4-6-8-13/h10-11H,3-9,12H2,1-2H3/t11-/m0/s1. The van der Waals surface area contributed by atoms with E-state index in [4.69, 9.17) is 5.73 Å². The predicted octanol–water partition coefficient (Wildman–Crippen LogP) is 1.85. The molecule has 0 radical (unpaired) electrons. The van der Waals surface area contributed by atoms with Crippen LogP contribution in [0.15, 0.2) is 0 Å². The molecule has 1 fully saturated rings. The van der Waals surface area contributed by atoms with Gasteiger partial charge in [0.25, 0.3) is 0 Å². The van der Waals surface area contributed by atoms with E-state index in [1.54, 1.807) is 0 Å². The van der Waals surface area contributed by atoms with Gasteiger partial charge in [-0.1, -0.05) is 26.7 Å². The Morgan fingerprint density at radius 3 is 2.00 bits per heavy atom. The highest BCUT2D eigenvalue weighted by atomic mass is 15.2. The largest absolute Gasteiger partial charge is 0.329 e. The van der Waals surface area contributed by atoms with E-state index in [1.165, 1.54) is 38.8 Å². The van der Waals surface area contributed by atoms with Gasteiger partial charge in [-0.25, -0.2) is 0 Å². The summed E-state index contributed by atoms with van der Waals surface area (Å²) in [6.45, 7) is 7.91. The van der Waals surface area contributed by atoms with Crippen LogP contribution in [-0.2, 0) is 0 Å². The molecule has 0 spiro atoms. The molecule has 78 valence electrons. The molecular formula is C11H24N2. The average Bonchev–Trinajstić information content (AvgIpc) is 2.33. The summed E-state index contributed by atoms with van der Waals surface area (Å²) in [5.41, 5.74) is 5.81. The summed E-state index contributed by atoms with van der Waals surface area (Å²) in [5.74, 6) is 0.697. The zero-order chi connectivity index (χ0) is 9.68. The molecule has 13 heavy (non-hydrogen) atoms. The van der Waals surface area contributed by atoms with Crippen LogP contribution >= 0.6 is 0 Å². The number of likely N-dealkylation sites (tertiary alicyclic amines) is 1. The molecule has 1 rings (SSSR count). The highest BCUT2D eigenvalue weighted by Gasteiger charge is 2.20. The first kappa shape index (κ1) is 11.0. The number of rotatable bonds is 3. The second kappa shape index (κ2) is 5.61. The summed E-state index contributed by atoms with van der Waals surface area (Å²) in [7, 11) is 0. The van der Waals surface area contributed by atoms with Crippen molar-refractivity contribution in [2.24, 2.45) is 11.7 Å². The van der Waals surface area contributed by atoms with E-state index in [0.29, 0.717) is 12.0 Å². The van der Waals surface area contributed by atoms with E-state index in [-0.39, 0.29) is 0 Å². The van der Waals surface area contributed by atoms with Crippen LogP contribution in [0.5, 0.6) is 0 Å². The van der Waals surface area contributed by atoms with Gasteiger partial charge < -0.3 is 5.73 Å². The Hall–Kier alpha value is -0.0800. The van der Waals surface area contributed by atoms with Crippen LogP contribution in [-0.4, -0.2) is 30.6 Å². The molecule has 0 unspecified atom stereocenters. The Kier molecular flexibility index (Phi) is 4.74. The lowest BCUT2D eigenvalue weighted by Crippen LogP contribution is -2.44. The number of nitrogens with two attached hydrogens (primary N) is 1.